The molecule has 6 nitrogen and oxygen atoms in total. The summed E-state index contributed by atoms with van der Waals surface area (Å²) in [5.74, 6) is -0.446. The van der Waals surface area contributed by atoms with E-state index in [0.717, 1.165) is 48.9 Å². The van der Waals surface area contributed by atoms with E-state index in [9.17, 15) is 9.90 Å². The fourth-order valence-corrected chi connectivity index (χ4v) is 5.14. The van der Waals surface area contributed by atoms with Crippen molar-refractivity contribution >= 4 is 38.4 Å². The van der Waals surface area contributed by atoms with Gasteiger partial charge in [0.05, 0.1) is 25.2 Å². The number of hydrogen-bond donors (Lipinski definition) is 1. The number of carbonyl (C=O) groups excluding carboxylic acids is 1. The maximum atomic E-state index is 12.5. The third-order valence-corrected chi connectivity index (χ3v) is 6.64. The fraction of sp³-hybridized carbons (Fsp3) is 0.348. The summed E-state index contributed by atoms with van der Waals surface area (Å²) < 4.78 is 8.15. The van der Waals surface area contributed by atoms with E-state index in [1.54, 1.807) is 16.0 Å². The molecule has 0 spiro atoms. The lowest BCUT2D eigenvalue weighted by molar-refractivity contribution is -0.143. The van der Waals surface area contributed by atoms with Crippen LogP contribution in [0.3, 0.4) is 0 Å². The van der Waals surface area contributed by atoms with Gasteiger partial charge in [0.15, 0.2) is 0 Å². The van der Waals surface area contributed by atoms with Crippen LogP contribution >= 0.6 is 11.3 Å². The number of carbonyl (C=O) groups is 1. The number of esters is 1. The highest BCUT2D eigenvalue weighted by molar-refractivity contribution is 7.17. The van der Waals surface area contributed by atoms with Crippen LogP contribution in [0.1, 0.15) is 47.1 Å². The summed E-state index contributed by atoms with van der Waals surface area (Å²) >= 11 is 1.61. The average molecular weight is 424 g/mol. The van der Waals surface area contributed by atoms with Crippen LogP contribution in [0.4, 0.5) is 0 Å². The Morgan fingerprint density at radius 3 is 2.83 bits per heavy atom. The summed E-state index contributed by atoms with van der Waals surface area (Å²) in [5.41, 5.74) is 6.81. The SMILES string of the molecule is CCOC(=O)C[C@H](c1cc(CO)c2sccc2c1)c1cc(C)c2c(nnn2C)c1C. The number of benzene rings is 2. The second kappa shape index (κ2) is 8.16. The van der Waals surface area contributed by atoms with E-state index in [1.165, 1.54) is 0 Å². The topological polar surface area (TPSA) is 77.2 Å². The van der Waals surface area contributed by atoms with Gasteiger partial charge in [0, 0.05) is 17.7 Å². The van der Waals surface area contributed by atoms with E-state index in [-0.39, 0.29) is 24.9 Å². The Kier molecular flexibility index (Phi) is 5.58. The molecule has 2 heterocycles. The van der Waals surface area contributed by atoms with Crippen molar-refractivity contribution in [1.82, 2.24) is 15.0 Å². The number of aryl methyl sites for hydroxylation is 3. The first-order chi connectivity index (χ1) is 14.4. The molecule has 1 atom stereocenters. The molecule has 0 amide bonds. The van der Waals surface area contributed by atoms with Gasteiger partial charge in [-0.2, -0.15) is 0 Å². The Morgan fingerprint density at radius 2 is 2.10 bits per heavy atom. The van der Waals surface area contributed by atoms with Crippen LogP contribution in [0.15, 0.2) is 29.6 Å². The second-order valence-electron chi connectivity index (χ2n) is 7.56. The summed E-state index contributed by atoms with van der Waals surface area (Å²) in [5, 5.41) is 21.6. The first-order valence-corrected chi connectivity index (χ1v) is 10.9. The van der Waals surface area contributed by atoms with Gasteiger partial charge in [0.25, 0.3) is 0 Å². The Hall–Kier alpha value is -2.77. The maximum absolute atomic E-state index is 12.5. The number of nitrogens with zero attached hydrogens (tertiary/aromatic N) is 3. The Labute approximate surface area is 179 Å². The molecule has 0 fully saturated rings. The number of thiophene rings is 1. The molecule has 0 saturated heterocycles. The predicted octanol–water partition coefficient (Wildman–Crippen LogP) is 4.38. The van der Waals surface area contributed by atoms with Gasteiger partial charge in [-0.1, -0.05) is 17.3 Å². The number of ether oxygens (including phenoxy) is 1. The number of aromatic nitrogens is 3. The third-order valence-electron chi connectivity index (χ3n) is 5.64. The highest BCUT2D eigenvalue weighted by Crippen LogP contribution is 2.38. The van der Waals surface area contributed by atoms with E-state index in [0.29, 0.717) is 6.61 Å². The van der Waals surface area contributed by atoms with Gasteiger partial charge in [-0.05, 0) is 71.5 Å². The highest BCUT2D eigenvalue weighted by Gasteiger charge is 2.25. The van der Waals surface area contributed by atoms with Crippen molar-refractivity contribution in [2.75, 3.05) is 6.61 Å². The minimum Gasteiger partial charge on any atom is -0.466 e. The molecule has 0 aliphatic rings. The van der Waals surface area contributed by atoms with Crippen LogP contribution < -0.4 is 0 Å². The molecule has 0 aliphatic heterocycles. The maximum Gasteiger partial charge on any atom is 0.306 e. The van der Waals surface area contributed by atoms with Crippen molar-refractivity contribution in [3.63, 3.8) is 0 Å². The molecule has 2 aromatic carbocycles. The molecular formula is C23H25N3O3S. The predicted molar refractivity (Wildman–Crippen MR) is 119 cm³/mol. The molecule has 7 heteroatoms. The van der Waals surface area contributed by atoms with Gasteiger partial charge >= 0.3 is 5.97 Å². The Bertz CT molecular complexity index is 1240. The molecule has 30 heavy (non-hydrogen) atoms. The van der Waals surface area contributed by atoms with E-state index in [1.807, 2.05) is 45.3 Å². The van der Waals surface area contributed by atoms with Crippen molar-refractivity contribution < 1.29 is 14.6 Å². The van der Waals surface area contributed by atoms with Crippen LogP contribution in [0.5, 0.6) is 0 Å². The standard InChI is InChI=1S/C23H25N3O3S/c1-5-29-20(28)11-19(16-9-15-6-7-30-23(15)17(10-16)12-27)18-8-13(2)22-21(14(18)3)24-25-26(22)4/h6-10,19,27H,5,11-12H2,1-4H3/t19-/m1/s1. The zero-order valence-corrected chi connectivity index (χ0v) is 18.4. The summed E-state index contributed by atoms with van der Waals surface area (Å²) in [7, 11) is 1.88. The highest BCUT2D eigenvalue weighted by atomic mass is 32.1. The molecule has 0 aliphatic carbocycles. The van der Waals surface area contributed by atoms with Gasteiger partial charge in [-0.3, -0.25) is 4.79 Å². The molecule has 2 aromatic heterocycles. The lowest BCUT2D eigenvalue weighted by atomic mass is 9.83. The van der Waals surface area contributed by atoms with Crippen molar-refractivity contribution in [1.29, 1.82) is 0 Å². The quantitative estimate of drug-likeness (QED) is 0.466. The fourth-order valence-electron chi connectivity index (χ4n) is 4.25. The number of fused-ring (bicyclic) bond motifs is 2. The van der Waals surface area contributed by atoms with Crippen LogP contribution in [0.2, 0.25) is 0 Å². The minimum absolute atomic E-state index is 0.0435. The first kappa shape index (κ1) is 20.5. The average Bonchev–Trinajstić information content (AvgIpc) is 3.35. The van der Waals surface area contributed by atoms with Gasteiger partial charge in [-0.25, -0.2) is 4.68 Å². The number of hydrogen-bond acceptors (Lipinski definition) is 6. The molecule has 0 saturated carbocycles. The van der Waals surface area contributed by atoms with E-state index >= 15 is 0 Å². The van der Waals surface area contributed by atoms with Crippen LogP contribution in [0, 0.1) is 13.8 Å². The van der Waals surface area contributed by atoms with Gasteiger partial charge in [-0.15, -0.1) is 16.4 Å². The van der Waals surface area contributed by atoms with Crippen LogP contribution in [0.25, 0.3) is 21.1 Å². The molecule has 1 N–H and O–H groups in total. The van der Waals surface area contributed by atoms with Gasteiger partial charge in [0.2, 0.25) is 0 Å². The lowest BCUT2D eigenvalue weighted by Gasteiger charge is -2.21. The monoisotopic (exact) mass is 423 g/mol. The molecule has 0 bridgehead atoms. The molecule has 4 aromatic rings. The third kappa shape index (κ3) is 3.48. The van der Waals surface area contributed by atoms with Gasteiger partial charge in [0.1, 0.15) is 5.52 Å². The van der Waals surface area contributed by atoms with E-state index in [4.69, 9.17) is 4.74 Å². The van der Waals surface area contributed by atoms with Crippen molar-refractivity contribution in [2.45, 2.75) is 39.7 Å². The molecule has 0 unspecified atom stereocenters. The smallest absolute Gasteiger partial charge is 0.306 e. The molecule has 0 radical (unpaired) electrons. The van der Waals surface area contributed by atoms with Crippen LogP contribution in [-0.2, 0) is 23.2 Å². The number of aliphatic hydroxyl groups excluding tert-OH is 1. The van der Waals surface area contributed by atoms with Crippen molar-refractivity contribution in [3.8, 4) is 0 Å². The van der Waals surface area contributed by atoms with E-state index in [2.05, 4.69) is 22.4 Å². The molecule has 4 rings (SSSR count). The normalized spacial score (nSPS) is 12.6. The summed E-state index contributed by atoms with van der Waals surface area (Å²) in [6, 6.07) is 8.30. The second-order valence-corrected chi connectivity index (χ2v) is 8.47. The summed E-state index contributed by atoms with van der Waals surface area (Å²) in [6.45, 7) is 6.18. The number of aliphatic hydroxyl groups is 1. The Morgan fingerprint density at radius 1 is 1.30 bits per heavy atom. The Balaban J connectivity index is 1.93. The van der Waals surface area contributed by atoms with E-state index < -0.39 is 0 Å². The zero-order valence-electron chi connectivity index (χ0n) is 17.6. The van der Waals surface area contributed by atoms with Crippen molar-refractivity contribution in [3.05, 3.63) is 57.5 Å². The lowest BCUT2D eigenvalue weighted by Crippen LogP contribution is -2.13. The number of rotatable bonds is 6. The summed E-state index contributed by atoms with van der Waals surface area (Å²) in [6.07, 6.45) is 0.223. The zero-order chi connectivity index (χ0) is 21.4. The van der Waals surface area contributed by atoms with Crippen molar-refractivity contribution in [2.24, 2.45) is 7.05 Å². The van der Waals surface area contributed by atoms with Crippen LogP contribution in [-0.4, -0.2) is 32.7 Å². The molecular weight excluding hydrogens is 398 g/mol. The summed E-state index contributed by atoms with van der Waals surface area (Å²) in [4.78, 5) is 12.5. The minimum atomic E-state index is -0.241. The first-order valence-electron chi connectivity index (χ1n) is 10.0. The molecule has 156 valence electrons. The largest absolute Gasteiger partial charge is 0.466 e. The van der Waals surface area contributed by atoms with Gasteiger partial charge < -0.3 is 9.84 Å².